The Labute approximate surface area is 135 Å². The van der Waals surface area contributed by atoms with Crippen LogP contribution in [0.3, 0.4) is 0 Å². The lowest BCUT2D eigenvalue weighted by molar-refractivity contribution is -0.116. The van der Waals surface area contributed by atoms with Gasteiger partial charge in [0.1, 0.15) is 0 Å². The number of rotatable bonds is 5. The number of hydrogen-bond donors (Lipinski definition) is 1. The van der Waals surface area contributed by atoms with Gasteiger partial charge in [-0.2, -0.15) is 0 Å². The van der Waals surface area contributed by atoms with Gasteiger partial charge in [-0.15, -0.1) is 0 Å². The molecule has 1 fully saturated rings. The Kier molecular flexibility index (Phi) is 6.46. The summed E-state index contributed by atoms with van der Waals surface area (Å²) in [6.07, 6.45) is 5.92. The number of halogens is 1. The summed E-state index contributed by atoms with van der Waals surface area (Å²) in [6, 6.07) is 7.90. The number of amides is 1. The van der Waals surface area contributed by atoms with Gasteiger partial charge in [-0.3, -0.25) is 4.79 Å². The second-order valence-electron chi connectivity index (χ2n) is 5.53. The lowest BCUT2D eigenvalue weighted by atomic mass is 9.98. The molecule has 1 N–H and O–H groups in total. The predicted octanol–water partition coefficient (Wildman–Crippen LogP) is 3.31. The Morgan fingerprint density at radius 1 is 1.43 bits per heavy atom. The molecule has 114 valence electrons. The number of nitrogens with zero attached hydrogens (tertiary/aromatic N) is 1. The molecule has 1 aromatic carbocycles. The Balaban J connectivity index is 1.75. The van der Waals surface area contributed by atoms with Gasteiger partial charge in [0, 0.05) is 23.6 Å². The number of piperidine rings is 1. The summed E-state index contributed by atoms with van der Waals surface area (Å²) < 4.78 is 1.04. The molecule has 1 aliphatic rings. The van der Waals surface area contributed by atoms with E-state index in [1.165, 1.54) is 19.4 Å². The molecule has 1 aromatic rings. The van der Waals surface area contributed by atoms with Gasteiger partial charge < -0.3 is 10.2 Å². The van der Waals surface area contributed by atoms with Crippen LogP contribution in [0.1, 0.15) is 25.3 Å². The summed E-state index contributed by atoms with van der Waals surface area (Å²) in [5.41, 5.74) is 1.03. The molecule has 21 heavy (non-hydrogen) atoms. The van der Waals surface area contributed by atoms with Gasteiger partial charge in [-0.05, 0) is 55.6 Å². The third-order valence-corrected chi connectivity index (χ3v) is 4.44. The number of carbonyl (C=O) groups excluding carboxylic acids is 1. The molecule has 3 nitrogen and oxygen atoms in total. The minimum absolute atomic E-state index is 0.00783. The van der Waals surface area contributed by atoms with Crippen molar-refractivity contribution in [2.45, 2.75) is 19.8 Å². The van der Waals surface area contributed by atoms with E-state index in [1.54, 1.807) is 6.08 Å². The number of hydrogen-bond acceptors (Lipinski definition) is 2. The van der Waals surface area contributed by atoms with Crippen molar-refractivity contribution in [2.24, 2.45) is 5.92 Å². The van der Waals surface area contributed by atoms with Gasteiger partial charge in [-0.1, -0.05) is 35.0 Å². The number of likely N-dealkylation sites (tertiary alicyclic amines) is 1. The van der Waals surface area contributed by atoms with Crippen molar-refractivity contribution in [1.29, 1.82) is 0 Å². The Morgan fingerprint density at radius 3 is 2.90 bits per heavy atom. The molecule has 2 rings (SSSR count). The van der Waals surface area contributed by atoms with Gasteiger partial charge in [0.15, 0.2) is 0 Å². The monoisotopic (exact) mass is 350 g/mol. The van der Waals surface area contributed by atoms with Crippen LogP contribution >= 0.6 is 15.9 Å². The highest BCUT2D eigenvalue weighted by Gasteiger charge is 2.18. The van der Waals surface area contributed by atoms with Crippen LogP contribution in [-0.2, 0) is 4.79 Å². The van der Waals surface area contributed by atoms with E-state index in [9.17, 15) is 4.79 Å². The number of benzene rings is 1. The second kappa shape index (κ2) is 8.35. The van der Waals surface area contributed by atoms with Gasteiger partial charge >= 0.3 is 0 Å². The Morgan fingerprint density at radius 2 is 2.19 bits per heavy atom. The van der Waals surface area contributed by atoms with E-state index >= 15 is 0 Å². The first-order chi connectivity index (χ1) is 10.2. The largest absolute Gasteiger partial charge is 0.352 e. The third kappa shape index (κ3) is 5.64. The van der Waals surface area contributed by atoms with Crippen molar-refractivity contribution in [1.82, 2.24) is 10.2 Å². The van der Waals surface area contributed by atoms with Crippen molar-refractivity contribution in [3.63, 3.8) is 0 Å². The zero-order chi connectivity index (χ0) is 15.1. The normalized spacial score (nSPS) is 19.8. The molecule has 0 aliphatic carbocycles. The Bertz CT molecular complexity index is 484. The molecule has 1 heterocycles. The standard InChI is InChI=1S/C17H23BrN2O/c1-2-20-11-3-4-15(13-20)12-19-17(21)10-7-14-5-8-16(18)9-6-14/h5-10,15H,2-4,11-13H2,1H3,(H,19,21)/b10-7-/t15-/m0/s1. The van der Waals surface area contributed by atoms with Gasteiger partial charge in [-0.25, -0.2) is 0 Å². The zero-order valence-corrected chi connectivity index (χ0v) is 14.1. The van der Waals surface area contributed by atoms with Crippen LogP contribution in [0.15, 0.2) is 34.8 Å². The average Bonchev–Trinajstić information content (AvgIpc) is 2.52. The van der Waals surface area contributed by atoms with Gasteiger partial charge in [0.2, 0.25) is 5.91 Å². The molecular weight excluding hydrogens is 328 g/mol. The van der Waals surface area contributed by atoms with E-state index in [0.29, 0.717) is 5.92 Å². The highest BCUT2D eigenvalue weighted by atomic mass is 79.9. The van der Waals surface area contributed by atoms with Crippen LogP contribution in [0.2, 0.25) is 0 Å². The number of carbonyl (C=O) groups is 1. The minimum Gasteiger partial charge on any atom is -0.352 e. The van der Waals surface area contributed by atoms with E-state index < -0.39 is 0 Å². The molecule has 0 saturated carbocycles. The third-order valence-electron chi connectivity index (χ3n) is 3.91. The first-order valence-corrected chi connectivity index (χ1v) is 8.40. The maximum absolute atomic E-state index is 11.9. The summed E-state index contributed by atoms with van der Waals surface area (Å²) in [5.74, 6) is 0.579. The highest BCUT2D eigenvalue weighted by Crippen LogP contribution is 2.15. The predicted molar refractivity (Wildman–Crippen MR) is 91.0 cm³/mol. The summed E-state index contributed by atoms with van der Waals surface area (Å²) in [5, 5.41) is 3.02. The smallest absolute Gasteiger partial charge is 0.244 e. The second-order valence-corrected chi connectivity index (χ2v) is 6.45. The maximum Gasteiger partial charge on any atom is 0.244 e. The molecule has 0 unspecified atom stereocenters. The summed E-state index contributed by atoms with van der Waals surface area (Å²) in [6.45, 7) is 6.38. The van der Waals surface area contributed by atoms with Crippen molar-refractivity contribution >= 4 is 27.9 Å². The highest BCUT2D eigenvalue weighted by molar-refractivity contribution is 9.10. The quantitative estimate of drug-likeness (QED) is 0.826. The molecule has 0 bridgehead atoms. The summed E-state index contributed by atoms with van der Waals surface area (Å²) in [4.78, 5) is 14.3. The molecule has 1 aliphatic heterocycles. The first kappa shape index (κ1) is 16.2. The SMILES string of the molecule is CCN1CCC[C@@H](CNC(=O)/C=C\c2ccc(Br)cc2)C1. The van der Waals surface area contributed by atoms with Crippen LogP contribution in [0.25, 0.3) is 6.08 Å². The van der Waals surface area contributed by atoms with Crippen molar-refractivity contribution in [3.8, 4) is 0 Å². The minimum atomic E-state index is -0.00783. The fourth-order valence-corrected chi connectivity index (χ4v) is 2.92. The van der Waals surface area contributed by atoms with E-state index in [2.05, 4.69) is 33.1 Å². The fraction of sp³-hybridized carbons (Fsp3) is 0.471. The van der Waals surface area contributed by atoms with Crippen molar-refractivity contribution < 1.29 is 4.79 Å². The maximum atomic E-state index is 11.9. The van der Waals surface area contributed by atoms with Gasteiger partial charge in [0.05, 0.1) is 0 Å². The first-order valence-electron chi connectivity index (χ1n) is 7.61. The molecule has 0 spiro atoms. The summed E-state index contributed by atoms with van der Waals surface area (Å²) in [7, 11) is 0. The topological polar surface area (TPSA) is 32.3 Å². The van der Waals surface area contributed by atoms with Crippen molar-refractivity contribution in [2.75, 3.05) is 26.2 Å². The molecule has 1 amide bonds. The van der Waals surface area contributed by atoms with Crippen LogP contribution < -0.4 is 5.32 Å². The lowest BCUT2D eigenvalue weighted by Gasteiger charge is -2.31. The average molecular weight is 351 g/mol. The van der Waals surface area contributed by atoms with Crippen LogP contribution in [0, 0.1) is 5.92 Å². The van der Waals surface area contributed by atoms with Crippen LogP contribution in [-0.4, -0.2) is 37.0 Å². The summed E-state index contributed by atoms with van der Waals surface area (Å²) >= 11 is 3.40. The Hall–Kier alpha value is -1.13. The van der Waals surface area contributed by atoms with Crippen LogP contribution in [0.4, 0.5) is 0 Å². The molecule has 1 atom stereocenters. The van der Waals surface area contributed by atoms with E-state index in [4.69, 9.17) is 0 Å². The molecular formula is C17H23BrN2O. The molecule has 1 saturated heterocycles. The molecule has 0 radical (unpaired) electrons. The fourth-order valence-electron chi connectivity index (χ4n) is 2.65. The van der Waals surface area contributed by atoms with Crippen molar-refractivity contribution in [3.05, 3.63) is 40.4 Å². The number of nitrogens with one attached hydrogen (secondary N) is 1. The van der Waals surface area contributed by atoms with E-state index in [-0.39, 0.29) is 5.91 Å². The zero-order valence-electron chi connectivity index (χ0n) is 12.5. The molecule has 4 heteroatoms. The van der Waals surface area contributed by atoms with E-state index in [1.807, 2.05) is 30.3 Å². The van der Waals surface area contributed by atoms with E-state index in [0.717, 1.165) is 29.7 Å². The van der Waals surface area contributed by atoms with Crippen LogP contribution in [0.5, 0.6) is 0 Å². The lowest BCUT2D eigenvalue weighted by Crippen LogP contribution is -2.40. The van der Waals surface area contributed by atoms with Gasteiger partial charge in [0.25, 0.3) is 0 Å². The molecule has 0 aromatic heterocycles.